The van der Waals surface area contributed by atoms with Crippen LogP contribution in [0.25, 0.3) is 5.65 Å². The summed E-state index contributed by atoms with van der Waals surface area (Å²) in [5.41, 5.74) is 3.42. The van der Waals surface area contributed by atoms with Crippen molar-refractivity contribution < 1.29 is 4.74 Å². The maximum atomic E-state index is 5.86. The molecule has 1 saturated heterocycles. The molecule has 0 bridgehead atoms. The van der Waals surface area contributed by atoms with E-state index in [0.29, 0.717) is 6.10 Å². The molecule has 0 aromatic carbocycles. The van der Waals surface area contributed by atoms with Gasteiger partial charge in [0.2, 0.25) is 0 Å². The second kappa shape index (κ2) is 6.58. The van der Waals surface area contributed by atoms with E-state index in [1.54, 1.807) is 0 Å². The van der Waals surface area contributed by atoms with E-state index in [9.17, 15) is 0 Å². The van der Waals surface area contributed by atoms with Crippen LogP contribution in [0.1, 0.15) is 37.4 Å². The van der Waals surface area contributed by atoms with E-state index in [4.69, 9.17) is 9.72 Å². The van der Waals surface area contributed by atoms with Crippen LogP contribution >= 0.6 is 0 Å². The standard InChI is InChI=1S/C17H25N3O/c1-3-19(13-16-6-4-5-9-21-16)11-15-12-20-10-14(2)7-8-17(20)18-15/h7-8,10,12,16H,3-6,9,11,13H2,1-2H3/t16-/m1/s1. The fraction of sp³-hybridized carbons (Fsp3) is 0.588. The highest BCUT2D eigenvalue weighted by atomic mass is 16.5. The average Bonchev–Trinajstić information content (AvgIpc) is 2.89. The average molecular weight is 287 g/mol. The fourth-order valence-corrected chi connectivity index (χ4v) is 3.01. The van der Waals surface area contributed by atoms with Crippen LogP contribution in [-0.2, 0) is 11.3 Å². The molecule has 1 atom stereocenters. The number of ether oxygens (including phenoxy) is 1. The number of imidazole rings is 1. The lowest BCUT2D eigenvalue weighted by Crippen LogP contribution is -2.35. The third-order valence-corrected chi connectivity index (χ3v) is 4.22. The normalized spacial score (nSPS) is 19.5. The van der Waals surface area contributed by atoms with Crippen molar-refractivity contribution in [3.8, 4) is 0 Å². The van der Waals surface area contributed by atoms with E-state index in [1.165, 1.54) is 24.8 Å². The van der Waals surface area contributed by atoms with Gasteiger partial charge < -0.3 is 9.14 Å². The number of fused-ring (bicyclic) bond motifs is 1. The summed E-state index contributed by atoms with van der Waals surface area (Å²) in [5.74, 6) is 0. The number of hydrogen-bond donors (Lipinski definition) is 0. The Balaban J connectivity index is 1.66. The third-order valence-electron chi connectivity index (χ3n) is 4.22. The molecule has 1 aliphatic rings. The molecule has 3 rings (SSSR count). The molecule has 0 unspecified atom stereocenters. The summed E-state index contributed by atoms with van der Waals surface area (Å²) in [6.45, 7) is 8.20. The van der Waals surface area contributed by atoms with Gasteiger partial charge in [0.05, 0.1) is 11.8 Å². The largest absolute Gasteiger partial charge is 0.377 e. The first-order valence-electron chi connectivity index (χ1n) is 8.03. The number of aryl methyl sites for hydroxylation is 1. The van der Waals surface area contributed by atoms with Gasteiger partial charge in [-0.15, -0.1) is 0 Å². The van der Waals surface area contributed by atoms with Gasteiger partial charge >= 0.3 is 0 Å². The maximum Gasteiger partial charge on any atom is 0.137 e. The van der Waals surface area contributed by atoms with E-state index < -0.39 is 0 Å². The Morgan fingerprint density at radius 1 is 1.33 bits per heavy atom. The summed E-state index contributed by atoms with van der Waals surface area (Å²) in [6.07, 6.45) is 8.39. The molecule has 2 aromatic rings. The summed E-state index contributed by atoms with van der Waals surface area (Å²) >= 11 is 0. The van der Waals surface area contributed by atoms with E-state index >= 15 is 0 Å². The van der Waals surface area contributed by atoms with Gasteiger partial charge in [-0.3, -0.25) is 4.90 Å². The lowest BCUT2D eigenvalue weighted by atomic mass is 10.1. The van der Waals surface area contributed by atoms with Crippen LogP contribution < -0.4 is 0 Å². The minimum atomic E-state index is 0.401. The Morgan fingerprint density at radius 3 is 3.00 bits per heavy atom. The summed E-state index contributed by atoms with van der Waals surface area (Å²) in [5, 5.41) is 0. The van der Waals surface area contributed by atoms with Crippen LogP contribution in [0.5, 0.6) is 0 Å². The van der Waals surface area contributed by atoms with Gasteiger partial charge in [-0.05, 0) is 44.4 Å². The predicted octanol–water partition coefficient (Wildman–Crippen LogP) is 3.03. The van der Waals surface area contributed by atoms with Crippen molar-refractivity contribution in [1.82, 2.24) is 14.3 Å². The summed E-state index contributed by atoms with van der Waals surface area (Å²) in [6, 6.07) is 4.19. The van der Waals surface area contributed by atoms with Gasteiger partial charge in [-0.25, -0.2) is 4.98 Å². The molecule has 0 saturated carbocycles. The number of rotatable bonds is 5. The molecular weight excluding hydrogens is 262 g/mol. The van der Waals surface area contributed by atoms with Crippen LogP contribution in [0, 0.1) is 6.92 Å². The molecule has 0 spiro atoms. The molecule has 21 heavy (non-hydrogen) atoms. The highest BCUT2D eigenvalue weighted by Gasteiger charge is 2.17. The molecule has 0 N–H and O–H groups in total. The van der Waals surface area contributed by atoms with Crippen molar-refractivity contribution in [1.29, 1.82) is 0 Å². The highest BCUT2D eigenvalue weighted by molar-refractivity contribution is 5.41. The molecule has 0 aliphatic carbocycles. The Morgan fingerprint density at radius 2 is 2.24 bits per heavy atom. The minimum absolute atomic E-state index is 0.401. The van der Waals surface area contributed by atoms with Gasteiger partial charge in [0.25, 0.3) is 0 Å². The topological polar surface area (TPSA) is 29.8 Å². The number of likely N-dealkylation sites (N-methyl/N-ethyl adjacent to an activating group) is 1. The van der Waals surface area contributed by atoms with Crippen LogP contribution in [-0.4, -0.2) is 40.1 Å². The Kier molecular flexibility index (Phi) is 4.56. The lowest BCUT2D eigenvalue weighted by molar-refractivity contribution is -0.00639. The van der Waals surface area contributed by atoms with Crippen molar-refractivity contribution in [2.24, 2.45) is 0 Å². The van der Waals surface area contributed by atoms with Gasteiger partial charge in [0, 0.05) is 32.1 Å². The van der Waals surface area contributed by atoms with Gasteiger partial charge in [-0.2, -0.15) is 0 Å². The lowest BCUT2D eigenvalue weighted by Gasteiger charge is -2.28. The molecule has 2 aromatic heterocycles. The Bertz CT molecular complexity index is 587. The van der Waals surface area contributed by atoms with Crippen molar-refractivity contribution in [3.63, 3.8) is 0 Å². The van der Waals surface area contributed by atoms with Gasteiger partial charge in [0.1, 0.15) is 5.65 Å². The van der Waals surface area contributed by atoms with Crippen LogP contribution in [0.4, 0.5) is 0 Å². The highest BCUT2D eigenvalue weighted by Crippen LogP contribution is 2.15. The van der Waals surface area contributed by atoms with Crippen LogP contribution in [0.3, 0.4) is 0 Å². The smallest absolute Gasteiger partial charge is 0.137 e. The summed E-state index contributed by atoms with van der Waals surface area (Å²) in [7, 11) is 0. The molecule has 0 radical (unpaired) electrons. The van der Waals surface area contributed by atoms with E-state index in [-0.39, 0.29) is 0 Å². The second-order valence-electron chi connectivity index (χ2n) is 6.02. The molecule has 1 fully saturated rings. The molecule has 1 aliphatic heterocycles. The number of pyridine rings is 1. The molecule has 4 heteroatoms. The fourth-order valence-electron chi connectivity index (χ4n) is 3.01. The third kappa shape index (κ3) is 3.63. The van der Waals surface area contributed by atoms with Gasteiger partial charge in [-0.1, -0.05) is 13.0 Å². The SMILES string of the molecule is CCN(Cc1cn2cc(C)ccc2n1)C[C@H]1CCCCO1. The van der Waals surface area contributed by atoms with Crippen molar-refractivity contribution in [2.45, 2.75) is 45.8 Å². The van der Waals surface area contributed by atoms with Crippen molar-refractivity contribution in [2.75, 3.05) is 19.7 Å². The molecular formula is C17H25N3O. The summed E-state index contributed by atoms with van der Waals surface area (Å²) < 4.78 is 7.98. The van der Waals surface area contributed by atoms with Crippen molar-refractivity contribution in [3.05, 3.63) is 35.8 Å². The number of aromatic nitrogens is 2. The molecule has 0 amide bonds. The zero-order valence-electron chi connectivity index (χ0n) is 13.1. The monoisotopic (exact) mass is 287 g/mol. The number of hydrogen-bond acceptors (Lipinski definition) is 3. The van der Waals surface area contributed by atoms with Crippen LogP contribution in [0.15, 0.2) is 24.5 Å². The minimum Gasteiger partial charge on any atom is -0.377 e. The Hall–Kier alpha value is -1.39. The Labute approximate surface area is 126 Å². The molecule has 4 nitrogen and oxygen atoms in total. The summed E-state index contributed by atoms with van der Waals surface area (Å²) in [4.78, 5) is 7.15. The number of nitrogens with zero attached hydrogens (tertiary/aromatic N) is 3. The van der Waals surface area contributed by atoms with Gasteiger partial charge in [0.15, 0.2) is 0 Å². The second-order valence-corrected chi connectivity index (χ2v) is 6.02. The van der Waals surface area contributed by atoms with Crippen LogP contribution in [0.2, 0.25) is 0 Å². The van der Waals surface area contributed by atoms with E-state index in [0.717, 1.165) is 37.6 Å². The zero-order chi connectivity index (χ0) is 14.7. The molecule has 3 heterocycles. The first-order valence-corrected chi connectivity index (χ1v) is 8.03. The first kappa shape index (κ1) is 14.5. The van der Waals surface area contributed by atoms with Crippen molar-refractivity contribution >= 4 is 5.65 Å². The zero-order valence-corrected chi connectivity index (χ0v) is 13.1. The first-order chi connectivity index (χ1) is 10.2. The maximum absolute atomic E-state index is 5.86. The molecule has 114 valence electrons. The quantitative estimate of drug-likeness (QED) is 0.846. The van der Waals surface area contributed by atoms with E-state index in [1.807, 2.05) is 0 Å². The van der Waals surface area contributed by atoms with E-state index in [2.05, 4.69) is 47.7 Å². The predicted molar refractivity (Wildman–Crippen MR) is 84.5 cm³/mol.